The van der Waals surface area contributed by atoms with Gasteiger partial charge in [0.15, 0.2) is 5.75 Å². The number of hydrogen-bond acceptors (Lipinski definition) is 3. The number of hydrogen-bond donors (Lipinski definition) is 0. The highest BCUT2D eigenvalue weighted by Crippen LogP contribution is 2.45. The second-order valence-corrected chi connectivity index (χ2v) is 6.37. The maximum Gasteiger partial charge on any atom is 0.156 e. The predicted octanol–water partition coefficient (Wildman–Crippen LogP) is 2.88. The fourth-order valence-corrected chi connectivity index (χ4v) is 4.30. The maximum absolute atomic E-state index is 6.20. The van der Waals surface area contributed by atoms with Crippen LogP contribution in [0.1, 0.15) is 12.8 Å². The molecule has 3 nitrogen and oxygen atoms in total. The van der Waals surface area contributed by atoms with Gasteiger partial charge in [-0.1, -0.05) is 11.6 Å². The minimum absolute atomic E-state index is 0. The van der Waals surface area contributed by atoms with E-state index in [0.717, 1.165) is 11.7 Å². The van der Waals surface area contributed by atoms with Gasteiger partial charge in [-0.25, -0.2) is 0 Å². The zero-order valence-corrected chi connectivity index (χ0v) is 12.2. The molecule has 5 rings (SSSR count). The average molecular weight is 301 g/mol. The minimum atomic E-state index is 0. The lowest BCUT2D eigenvalue weighted by Crippen LogP contribution is -2.61. The monoisotopic (exact) mass is 300 g/mol. The van der Waals surface area contributed by atoms with Crippen LogP contribution in [0.2, 0.25) is 5.02 Å². The largest absolute Gasteiger partial charge is 0.487 e. The molecular weight excluding hydrogens is 283 g/mol. The van der Waals surface area contributed by atoms with Crippen LogP contribution in [0.5, 0.6) is 5.75 Å². The first-order valence-corrected chi connectivity index (χ1v) is 7.16. The summed E-state index contributed by atoms with van der Waals surface area (Å²) in [5, 5.41) is 0.680. The standard InChI is InChI=1S/C14H17ClN2O.ClH/c15-12-1-2-16-5-13(12)18-14-10-3-9-4-11(14)8-17(6-9)7-10;/h1-2,5,9-11,14H,3-4,6-8H2;1H. The number of piperidine rings is 3. The molecule has 3 aliphatic heterocycles. The average Bonchev–Trinajstić information content (AvgIpc) is 2.35. The highest BCUT2D eigenvalue weighted by atomic mass is 35.5. The molecule has 4 heterocycles. The molecule has 0 amide bonds. The van der Waals surface area contributed by atoms with Gasteiger partial charge in [-0.3, -0.25) is 4.98 Å². The Morgan fingerprint density at radius 2 is 1.95 bits per heavy atom. The number of halogens is 2. The number of nitrogens with zero attached hydrogens (tertiary/aromatic N) is 2. The zero-order valence-electron chi connectivity index (χ0n) is 10.7. The van der Waals surface area contributed by atoms with Crippen LogP contribution in [-0.4, -0.2) is 35.6 Å². The first kappa shape index (κ1) is 13.5. The molecule has 4 fully saturated rings. The summed E-state index contributed by atoms with van der Waals surface area (Å²) in [5.74, 6) is 3.04. The lowest BCUT2D eigenvalue weighted by atomic mass is 9.66. The summed E-state index contributed by atoms with van der Waals surface area (Å²) in [6.45, 7) is 3.72. The van der Waals surface area contributed by atoms with Gasteiger partial charge in [0.05, 0.1) is 11.2 Å². The molecule has 2 unspecified atom stereocenters. The Hall–Kier alpha value is -0.510. The van der Waals surface area contributed by atoms with Crippen molar-refractivity contribution in [3.63, 3.8) is 0 Å². The Labute approximate surface area is 124 Å². The molecule has 3 saturated heterocycles. The van der Waals surface area contributed by atoms with E-state index in [9.17, 15) is 0 Å². The first-order valence-electron chi connectivity index (χ1n) is 6.78. The van der Waals surface area contributed by atoms with Gasteiger partial charge in [-0.05, 0) is 24.8 Å². The number of pyridine rings is 1. The van der Waals surface area contributed by atoms with Crippen molar-refractivity contribution in [3.05, 3.63) is 23.5 Å². The Morgan fingerprint density at radius 3 is 2.58 bits per heavy atom. The third-order valence-corrected chi connectivity index (χ3v) is 5.01. The Balaban J connectivity index is 0.00000110. The third-order valence-electron chi connectivity index (χ3n) is 4.70. The molecule has 1 saturated carbocycles. The van der Waals surface area contributed by atoms with E-state index in [1.165, 1.54) is 32.5 Å². The van der Waals surface area contributed by atoms with Crippen LogP contribution in [0.4, 0.5) is 0 Å². The van der Waals surface area contributed by atoms with Crippen molar-refractivity contribution in [1.82, 2.24) is 9.88 Å². The topological polar surface area (TPSA) is 25.4 Å². The second-order valence-electron chi connectivity index (χ2n) is 5.96. The maximum atomic E-state index is 6.20. The lowest BCUT2D eigenvalue weighted by Gasteiger charge is -2.55. The highest BCUT2D eigenvalue weighted by Gasteiger charge is 2.48. The molecule has 4 aliphatic rings. The lowest BCUT2D eigenvalue weighted by molar-refractivity contribution is -0.0985. The fourth-order valence-electron chi connectivity index (χ4n) is 4.15. The van der Waals surface area contributed by atoms with Gasteiger partial charge >= 0.3 is 0 Å². The summed E-state index contributed by atoms with van der Waals surface area (Å²) < 4.78 is 6.20. The SMILES string of the molecule is Cl.Clc1ccncc1OC1C2CC3CC1CN(C3)C2. The van der Waals surface area contributed by atoms with Crippen molar-refractivity contribution in [1.29, 1.82) is 0 Å². The summed E-state index contributed by atoms with van der Waals surface area (Å²) in [6.07, 6.45) is 6.45. The molecule has 19 heavy (non-hydrogen) atoms. The van der Waals surface area contributed by atoms with Gasteiger partial charge in [-0.2, -0.15) is 0 Å². The molecule has 1 aliphatic carbocycles. The van der Waals surface area contributed by atoms with Crippen molar-refractivity contribution >= 4 is 24.0 Å². The summed E-state index contributed by atoms with van der Waals surface area (Å²) in [5.41, 5.74) is 0. The molecule has 0 spiro atoms. The van der Waals surface area contributed by atoms with Gasteiger partial charge in [0, 0.05) is 37.7 Å². The minimum Gasteiger partial charge on any atom is -0.487 e. The van der Waals surface area contributed by atoms with Crippen LogP contribution in [0.3, 0.4) is 0 Å². The predicted molar refractivity (Wildman–Crippen MR) is 77.1 cm³/mol. The molecule has 2 atom stereocenters. The van der Waals surface area contributed by atoms with E-state index >= 15 is 0 Å². The van der Waals surface area contributed by atoms with Crippen LogP contribution in [0.25, 0.3) is 0 Å². The smallest absolute Gasteiger partial charge is 0.156 e. The Kier molecular flexibility index (Phi) is 3.63. The Morgan fingerprint density at radius 1 is 1.21 bits per heavy atom. The van der Waals surface area contributed by atoms with E-state index in [-0.39, 0.29) is 12.4 Å². The van der Waals surface area contributed by atoms with E-state index < -0.39 is 0 Å². The number of ether oxygens (including phenoxy) is 1. The highest BCUT2D eigenvalue weighted by molar-refractivity contribution is 6.31. The molecule has 104 valence electrons. The molecular formula is C14H18Cl2N2O. The van der Waals surface area contributed by atoms with Crippen LogP contribution in [0, 0.1) is 17.8 Å². The van der Waals surface area contributed by atoms with Gasteiger partial charge in [0.2, 0.25) is 0 Å². The van der Waals surface area contributed by atoms with Crippen LogP contribution >= 0.6 is 24.0 Å². The first-order chi connectivity index (χ1) is 8.79. The molecule has 0 aromatic carbocycles. The van der Waals surface area contributed by atoms with Crippen molar-refractivity contribution < 1.29 is 4.74 Å². The number of aromatic nitrogens is 1. The Bertz CT molecular complexity index is 441. The van der Waals surface area contributed by atoms with Crippen LogP contribution in [0.15, 0.2) is 18.5 Å². The van der Waals surface area contributed by atoms with E-state index in [1.54, 1.807) is 18.5 Å². The van der Waals surface area contributed by atoms with Crippen LogP contribution < -0.4 is 4.74 Å². The second kappa shape index (κ2) is 5.12. The molecule has 0 N–H and O–H groups in total. The van der Waals surface area contributed by atoms with Crippen molar-refractivity contribution in [3.8, 4) is 5.75 Å². The summed E-state index contributed by atoms with van der Waals surface area (Å²) in [6, 6.07) is 1.80. The van der Waals surface area contributed by atoms with Crippen molar-refractivity contribution in [2.45, 2.75) is 18.9 Å². The van der Waals surface area contributed by atoms with Gasteiger partial charge in [-0.15, -0.1) is 12.4 Å². The van der Waals surface area contributed by atoms with Crippen LogP contribution in [-0.2, 0) is 0 Å². The quantitative estimate of drug-likeness (QED) is 0.840. The van der Waals surface area contributed by atoms with E-state index in [0.29, 0.717) is 23.0 Å². The van der Waals surface area contributed by atoms with Crippen molar-refractivity contribution in [2.75, 3.05) is 19.6 Å². The normalized spacial score (nSPS) is 38.9. The molecule has 5 heteroatoms. The zero-order chi connectivity index (χ0) is 12.1. The molecule has 1 aromatic heterocycles. The summed E-state index contributed by atoms with van der Waals surface area (Å²) in [7, 11) is 0. The molecule has 0 radical (unpaired) electrons. The van der Waals surface area contributed by atoms with Gasteiger partial charge < -0.3 is 9.64 Å². The molecule has 4 bridgehead atoms. The van der Waals surface area contributed by atoms with E-state index in [2.05, 4.69) is 9.88 Å². The van der Waals surface area contributed by atoms with Crippen molar-refractivity contribution in [2.24, 2.45) is 17.8 Å². The van der Waals surface area contributed by atoms with Gasteiger partial charge in [0.25, 0.3) is 0 Å². The molecule has 1 aromatic rings. The van der Waals surface area contributed by atoms with E-state index in [1.807, 2.05) is 0 Å². The number of rotatable bonds is 2. The fraction of sp³-hybridized carbons (Fsp3) is 0.643. The summed E-state index contributed by atoms with van der Waals surface area (Å²) >= 11 is 6.16. The van der Waals surface area contributed by atoms with E-state index in [4.69, 9.17) is 16.3 Å². The summed E-state index contributed by atoms with van der Waals surface area (Å²) in [4.78, 5) is 6.72. The third kappa shape index (κ3) is 2.32. The van der Waals surface area contributed by atoms with Gasteiger partial charge in [0.1, 0.15) is 6.10 Å².